The number of nitrogen functional groups attached to an aromatic ring is 1. The van der Waals surface area contributed by atoms with Gasteiger partial charge in [-0.05, 0) is 29.7 Å². The summed E-state index contributed by atoms with van der Waals surface area (Å²) in [5, 5.41) is 0. The van der Waals surface area contributed by atoms with Gasteiger partial charge in [-0.15, -0.1) is 24.8 Å². The van der Waals surface area contributed by atoms with E-state index in [0.29, 0.717) is 19.4 Å². The van der Waals surface area contributed by atoms with Crippen molar-refractivity contribution >= 4 is 36.4 Å². The number of hydrogen-bond donors (Lipinski definition) is 1. The summed E-state index contributed by atoms with van der Waals surface area (Å²) in [6, 6.07) is 11.5. The molecule has 4 nitrogen and oxygen atoms in total. The van der Waals surface area contributed by atoms with E-state index in [9.17, 15) is 4.79 Å². The van der Waals surface area contributed by atoms with Gasteiger partial charge in [0.25, 0.3) is 0 Å². The average molecular weight is 342 g/mol. The average Bonchev–Trinajstić information content (AvgIpc) is 2.47. The van der Waals surface area contributed by atoms with E-state index in [1.807, 2.05) is 43.4 Å². The molecule has 0 aliphatic carbocycles. The molecule has 0 radical (unpaired) electrons. The van der Waals surface area contributed by atoms with Gasteiger partial charge in [0, 0.05) is 38.1 Å². The van der Waals surface area contributed by atoms with Crippen molar-refractivity contribution in [3.63, 3.8) is 0 Å². The first-order valence-corrected chi connectivity index (χ1v) is 6.63. The Kier molecular flexibility index (Phi) is 9.22. The molecule has 2 rings (SSSR count). The number of nitrogens with two attached hydrogens (primary N) is 1. The number of aryl methyl sites for hydroxylation is 1. The normalized spacial score (nSPS) is 9.32. The maximum absolute atomic E-state index is 12.1. The smallest absolute Gasteiger partial charge is 0.222 e. The van der Waals surface area contributed by atoms with Gasteiger partial charge in [0.05, 0.1) is 0 Å². The lowest BCUT2D eigenvalue weighted by Crippen LogP contribution is -2.26. The van der Waals surface area contributed by atoms with E-state index in [2.05, 4.69) is 4.98 Å². The summed E-state index contributed by atoms with van der Waals surface area (Å²) >= 11 is 0. The number of pyridine rings is 1. The molecular weight excluding hydrogens is 321 g/mol. The summed E-state index contributed by atoms with van der Waals surface area (Å²) in [6.45, 7) is 0.580. The second-order valence-electron chi connectivity index (χ2n) is 4.81. The number of para-hydroxylation sites is 1. The summed E-state index contributed by atoms with van der Waals surface area (Å²) in [5.74, 6) is 0.108. The minimum atomic E-state index is 0. The molecule has 120 valence electrons. The highest BCUT2D eigenvalue weighted by Gasteiger charge is 2.10. The fraction of sp³-hybridized carbons (Fsp3) is 0.250. The molecule has 0 aliphatic rings. The quantitative estimate of drug-likeness (QED) is 0.850. The molecule has 1 aromatic carbocycles. The zero-order valence-corrected chi connectivity index (χ0v) is 14.1. The van der Waals surface area contributed by atoms with Crippen molar-refractivity contribution in [1.29, 1.82) is 0 Å². The number of nitrogens with zero attached hydrogens (tertiary/aromatic N) is 2. The number of rotatable bonds is 5. The fourth-order valence-electron chi connectivity index (χ4n) is 2.05. The van der Waals surface area contributed by atoms with Crippen LogP contribution < -0.4 is 5.73 Å². The molecule has 0 fully saturated rings. The molecular formula is C16H21Cl2N3O. The molecule has 0 saturated heterocycles. The van der Waals surface area contributed by atoms with E-state index in [1.165, 1.54) is 0 Å². The van der Waals surface area contributed by atoms with E-state index in [0.717, 1.165) is 16.8 Å². The van der Waals surface area contributed by atoms with Crippen LogP contribution in [0.5, 0.6) is 0 Å². The second-order valence-corrected chi connectivity index (χ2v) is 4.81. The first-order chi connectivity index (χ1) is 9.66. The number of benzene rings is 1. The Morgan fingerprint density at radius 1 is 1.18 bits per heavy atom. The van der Waals surface area contributed by atoms with E-state index < -0.39 is 0 Å². The van der Waals surface area contributed by atoms with Crippen LogP contribution in [0, 0.1) is 0 Å². The van der Waals surface area contributed by atoms with Gasteiger partial charge < -0.3 is 10.6 Å². The molecule has 1 amide bonds. The minimum absolute atomic E-state index is 0. The number of carbonyl (C=O) groups is 1. The van der Waals surface area contributed by atoms with Gasteiger partial charge >= 0.3 is 0 Å². The van der Waals surface area contributed by atoms with E-state index in [1.54, 1.807) is 17.3 Å². The van der Waals surface area contributed by atoms with E-state index in [-0.39, 0.29) is 30.7 Å². The van der Waals surface area contributed by atoms with Crippen LogP contribution in [-0.4, -0.2) is 22.8 Å². The molecule has 1 aromatic heterocycles. The molecule has 6 heteroatoms. The number of aromatic nitrogens is 1. The Labute approximate surface area is 143 Å². The summed E-state index contributed by atoms with van der Waals surface area (Å²) < 4.78 is 0. The monoisotopic (exact) mass is 341 g/mol. The van der Waals surface area contributed by atoms with Gasteiger partial charge in [-0.3, -0.25) is 9.78 Å². The molecule has 0 spiro atoms. The van der Waals surface area contributed by atoms with Crippen molar-refractivity contribution in [2.45, 2.75) is 19.4 Å². The Morgan fingerprint density at radius 2 is 1.91 bits per heavy atom. The van der Waals surface area contributed by atoms with Gasteiger partial charge in [-0.2, -0.15) is 0 Å². The van der Waals surface area contributed by atoms with Crippen molar-refractivity contribution in [2.75, 3.05) is 12.8 Å². The van der Waals surface area contributed by atoms with Gasteiger partial charge in [-0.1, -0.05) is 24.3 Å². The lowest BCUT2D eigenvalue weighted by atomic mass is 10.1. The Bertz CT molecular complexity index is 579. The van der Waals surface area contributed by atoms with Gasteiger partial charge in [0.2, 0.25) is 5.91 Å². The zero-order chi connectivity index (χ0) is 14.4. The van der Waals surface area contributed by atoms with E-state index >= 15 is 0 Å². The Morgan fingerprint density at radius 3 is 2.55 bits per heavy atom. The molecule has 0 unspecified atom stereocenters. The van der Waals surface area contributed by atoms with Crippen molar-refractivity contribution in [2.24, 2.45) is 0 Å². The van der Waals surface area contributed by atoms with Crippen molar-refractivity contribution < 1.29 is 4.79 Å². The summed E-state index contributed by atoms with van der Waals surface area (Å²) in [4.78, 5) is 17.9. The van der Waals surface area contributed by atoms with Gasteiger partial charge in [0.1, 0.15) is 0 Å². The molecule has 1 heterocycles. The number of halogens is 2. The topological polar surface area (TPSA) is 59.2 Å². The fourth-order valence-corrected chi connectivity index (χ4v) is 2.05. The number of amides is 1. The molecule has 0 aliphatic heterocycles. The molecule has 0 saturated carbocycles. The van der Waals surface area contributed by atoms with Crippen LogP contribution in [0.3, 0.4) is 0 Å². The first-order valence-electron chi connectivity index (χ1n) is 6.63. The molecule has 2 N–H and O–H groups in total. The van der Waals surface area contributed by atoms with Crippen molar-refractivity contribution in [3.05, 3.63) is 59.9 Å². The summed E-state index contributed by atoms with van der Waals surface area (Å²) in [6.07, 6.45) is 4.64. The maximum Gasteiger partial charge on any atom is 0.222 e. The van der Waals surface area contributed by atoms with Gasteiger partial charge in [-0.25, -0.2) is 0 Å². The predicted octanol–water partition coefficient (Wildman–Crippen LogP) is 3.10. The highest BCUT2D eigenvalue weighted by molar-refractivity contribution is 5.85. The van der Waals surface area contributed by atoms with Crippen molar-refractivity contribution in [3.8, 4) is 0 Å². The van der Waals surface area contributed by atoms with Crippen LogP contribution in [-0.2, 0) is 17.8 Å². The lowest BCUT2D eigenvalue weighted by molar-refractivity contribution is -0.130. The second kappa shape index (κ2) is 10.0. The van der Waals surface area contributed by atoms with Crippen molar-refractivity contribution in [1.82, 2.24) is 9.88 Å². The SMILES string of the molecule is CN(Cc1cccnc1)C(=O)CCc1ccccc1N.Cl.Cl. The third-order valence-electron chi connectivity index (χ3n) is 3.23. The van der Waals surface area contributed by atoms with E-state index in [4.69, 9.17) is 5.73 Å². The highest BCUT2D eigenvalue weighted by atomic mass is 35.5. The number of anilines is 1. The Balaban J connectivity index is 0.00000220. The Hall–Kier alpha value is -1.78. The molecule has 22 heavy (non-hydrogen) atoms. The highest BCUT2D eigenvalue weighted by Crippen LogP contribution is 2.13. The molecule has 0 atom stereocenters. The number of carbonyl (C=O) groups excluding carboxylic acids is 1. The lowest BCUT2D eigenvalue weighted by Gasteiger charge is -2.17. The predicted molar refractivity (Wildman–Crippen MR) is 94.4 cm³/mol. The van der Waals surface area contributed by atoms with Crippen LogP contribution in [0.15, 0.2) is 48.8 Å². The van der Waals surface area contributed by atoms with Crippen LogP contribution in [0.25, 0.3) is 0 Å². The zero-order valence-electron chi connectivity index (χ0n) is 12.4. The largest absolute Gasteiger partial charge is 0.399 e. The van der Waals surface area contributed by atoms with Crippen LogP contribution in [0.2, 0.25) is 0 Å². The summed E-state index contributed by atoms with van der Waals surface area (Å²) in [7, 11) is 1.81. The summed E-state index contributed by atoms with van der Waals surface area (Å²) in [5.41, 5.74) is 8.67. The maximum atomic E-state index is 12.1. The molecule has 0 bridgehead atoms. The third kappa shape index (κ3) is 5.92. The van der Waals surface area contributed by atoms with Crippen LogP contribution >= 0.6 is 24.8 Å². The van der Waals surface area contributed by atoms with Crippen LogP contribution in [0.1, 0.15) is 17.5 Å². The van der Waals surface area contributed by atoms with Crippen LogP contribution in [0.4, 0.5) is 5.69 Å². The minimum Gasteiger partial charge on any atom is -0.399 e. The standard InChI is InChI=1S/C16H19N3O.2ClH/c1-19(12-13-5-4-10-18-11-13)16(20)9-8-14-6-2-3-7-15(14)17;;/h2-7,10-11H,8-9,12,17H2,1H3;2*1H. The van der Waals surface area contributed by atoms with Gasteiger partial charge in [0.15, 0.2) is 0 Å². The first kappa shape index (κ1) is 20.2. The number of hydrogen-bond acceptors (Lipinski definition) is 3. The third-order valence-corrected chi connectivity index (χ3v) is 3.23. The molecule has 2 aromatic rings.